The summed E-state index contributed by atoms with van der Waals surface area (Å²) in [6.45, 7) is 6.70. The van der Waals surface area contributed by atoms with Crippen molar-refractivity contribution in [2.75, 3.05) is 6.61 Å². The van der Waals surface area contributed by atoms with Gasteiger partial charge in [-0.05, 0) is 49.4 Å². The Morgan fingerprint density at radius 1 is 1.35 bits per heavy atom. The summed E-state index contributed by atoms with van der Waals surface area (Å²) in [5.41, 5.74) is 7.00. The highest BCUT2D eigenvalue weighted by molar-refractivity contribution is 6.30. The Hall–Kier alpha value is -0.770. The van der Waals surface area contributed by atoms with Crippen LogP contribution in [0, 0.1) is 0 Å². The van der Waals surface area contributed by atoms with Crippen molar-refractivity contribution < 1.29 is 9.84 Å². The molecule has 0 amide bonds. The van der Waals surface area contributed by atoms with Crippen LogP contribution in [0.3, 0.4) is 0 Å². The molecule has 4 heteroatoms. The first-order chi connectivity index (χ1) is 9.49. The van der Waals surface area contributed by atoms with Gasteiger partial charge >= 0.3 is 0 Å². The Labute approximate surface area is 127 Å². The maximum Gasteiger partial charge on any atom is 0.122 e. The number of ether oxygens (including phenoxy) is 1. The summed E-state index contributed by atoms with van der Waals surface area (Å²) in [5.74, 6) is 0.980. The van der Waals surface area contributed by atoms with Crippen molar-refractivity contribution in [3.05, 3.63) is 28.8 Å². The Bertz CT molecular complexity index is 411. The second-order valence-electron chi connectivity index (χ2n) is 5.27. The van der Waals surface area contributed by atoms with Crippen LogP contribution >= 0.6 is 11.6 Å². The van der Waals surface area contributed by atoms with Crippen LogP contribution in [0.4, 0.5) is 0 Å². The molecule has 114 valence electrons. The van der Waals surface area contributed by atoms with Gasteiger partial charge in [-0.15, -0.1) is 0 Å². The maximum absolute atomic E-state index is 10.2. The predicted octanol–water partition coefficient (Wildman–Crippen LogP) is 3.72. The molecule has 0 saturated heterocycles. The molecule has 0 saturated carbocycles. The normalized spacial score (nSPS) is 15.7. The third kappa shape index (κ3) is 4.97. The van der Waals surface area contributed by atoms with Crippen molar-refractivity contribution in [3.63, 3.8) is 0 Å². The molecule has 1 aromatic carbocycles. The molecule has 0 aliphatic heterocycles. The smallest absolute Gasteiger partial charge is 0.122 e. The van der Waals surface area contributed by atoms with E-state index >= 15 is 0 Å². The average Bonchev–Trinajstić information content (AvgIpc) is 2.41. The minimum absolute atomic E-state index is 0.146. The zero-order valence-electron chi connectivity index (χ0n) is 12.6. The second-order valence-corrected chi connectivity index (χ2v) is 5.71. The highest BCUT2D eigenvalue weighted by Crippen LogP contribution is 2.32. The number of rotatable bonds is 8. The van der Waals surface area contributed by atoms with Gasteiger partial charge < -0.3 is 15.6 Å². The van der Waals surface area contributed by atoms with Crippen LogP contribution in [0.2, 0.25) is 5.02 Å². The lowest BCUT2D eigenvalue weighted by Gasteiger charge is -2.23. The molecule has 0 fully saturated rings. The summed E-state index contributed by atoms with van der Waals surface area (Å²) in [4.78, 5) is 0. The molecule has 0 bridgehead atoms. The monoisotopic (exact) mass is 299 g/mol. The zero-order valence-corrected chi connectivity index (χ0v) is 13.4. The third-order valence-electron chi connectivity index (χ3n) is 3.51. The van der Waals surface area contributed by atoms with Gasteiger partial charge in [0.1, 0.15) is 5.75 Å². The van der Waals surface area contributed by atoms with Gasteiger partial charge in [-0.25, -0.2) is 0 Å². The van der Waals surface area contributed by atoms with Gasteiger partial charge in [0.05, 0.1) is 12.7 Å². The molecule has 0 radical (unpaired) electrons. The highest BCUT2D eigenvalue weighted by Gasteiger charge is 2.20. The molecular formula is C16H26ClNO2. The summed E-state index contributed by atoms with van der Waals surface area (Å²) in [6.07, 6.45) is 1.93. The molecule has 3 nitrogen and oxygen atoms in total. The Kier molecular flexibility index (Phi) is 7.35. The van der Waals surface area contributed by atoms with Crippen LogP contribution in [0.25, 0.3) is 0 Å². The molecule has 3 unspecified atom stereocenters. The van der Waals surface area contributed by atoms with Crippen molar-refractivity contribution in [2.45, 2.75) is 58.1 Å². The van der Waals surface area contributed by atoms with Crippen LogP contribution < -0.4 is 10.5 Å². The maximum atomic E-state index is 10.2. The first-order valence-electron chi connectivity index (χ1n) is 7.35. The molecule has 0 aliphatic rings. The fourth-order valence-corrected chi connectivity index (χ4v) is 2.56. The SMILES string of the molecule is CCCC(N)C(O)CC(C)c1cc(Cl)ccc1OCC. The van der Waals surface area contributed by atoms with Crippen LogP contribution in [0.15, 0.2) is 18.2 Å². The summed E-state index contributed by atoms with van der Waals surface area (Å²) >= 11 is 6.07. The Balaban J connectivity index is 2.80. The largest absolute Gasteiger partial charge is 0.494 e. The van der Waals surface area contributed by atoms with Gasteiger partial charge in [-0.1, -0.05) is 31.9 Å². The second kappa shape index (κ2) is 8.50. The van der Waals surface area contributed by atoms with Crippen LogP contribution in [0.5, 0.6) is 5.75 Å². The molecular weight excluding hydrogens is 274 g/mol. The van der Waals surface area contributed by atoms with Gasteiger partial charge in [0, 0.05) is 11.1 Å². The van der Waals surface area contributed by atoms with Crippen LogP contribution in [-0.2, 0) is 0 Å². The molecule has 0 aliphatic carbocycles. The Morgan fingerprint density at radius 2 is 2.05 bits per heavy atom. The topological polar surface area (TPSA) is 55.5 Å². The average molecular weight is 300 g/mol. The summed E-state index contributed by atoms with van der Waals surface area (Å²) in [5, 5.41) is 10.9. The fraction of sp³-hybridized carbons (Fsp3) is 0.625. The number of halogens is 1. The van der Waals surface area contributed by atoms with E-state index in [0.29, 0.717) is 18.1 Å². The van der Waals surface area contributed by atoms with E-state index in [-0.39, 0.29) is 12.0 Å². The lowest BCUT2D eigenvalue weighted by atomic mass is 9.91. The van der Waals surface area contributed by atoms with Gasteiger partial charge in [0.2, 0.25) is 0 Å². The molecule has 0 spiro atoms. The van der Waals surface area contributed by atoms with E-state index in [2.05, 4.69) is 13.8 Å². The van der Waals surface area contributed by atoms with Crippen molar-refractivity contribution in [1.82, 2.24) is 0 Å². The number of hydrogen-bond acceptors (Lipinski definition) is 3. The minimum Gasteiger partial charge on any atom is -0.494 e. The number of aliphatic hydroxyl groups is 1. The van der Waals surface area contributed by atoms with Gasteiger partial charge in [-0.2, -0.15) is 0 Å². The van der Waals surface area contributed by atoms with E-state index in [1.165, 1.54) is 0 Å². The molecule has 1 aromatic rings. The first kappa shape index (κ1) is 17.3. The number of benzene rings is 1. The molecule has 20 heavy (non-hydrogen) atoms. The number of hydrogen-bond donors (Lipinski definition) is 2. The minimum atomic E-state index is -0.501. The zero-order chi connectivity index (χ0) is 15.1. The van der Waals surface area contributed by atoms with E-state index in [0.717, 1.165) is 24.2 Å². The van der Waals surface area contributed by atoms with Gasteiger partial charge in [-0.3, -0.25) is 0 Å². The Morgan fingerprint density at radius 3 is 2.65 bits per heavy atom. The summed E-state index contributed by atoms with van der Waals surface area (Å²) in [7, 11) is 0. The fourth-order valence-electron chi connectivity index (χ4n) is 2.38. The van der Waals surface area contributed by atoms with Crippen molar-refractivity contribution in [1.29, 1.82) is 0 Å². The van der Waals surface area contributed by atoms with Gasteiger partial charge in [0.25, 0.3) is 0 Å². The number of aliphatic hydroxyl groups excluding tert-OH is 1. The molecule has 3 atom stereocenters. The number of nitrogens with two attached hydrogens (primary N) is 1. The summed E-state index contributed by atoms with van der Waals surface area (Å²) in [6, 6.07) is 5.45. The van der Waals surface area contributed by atoms with Gasteiger partial charge in [0.15, 0.2) is 0 Å². The molecule has 0 heterocycles. The van der Waals surface area contributed by atoms with Crippen molar-refractivity contribution in [3.8, 4) is 5.75 Å². The van der Waals surface area contributed by atoms with E-state index in [1.54, 1.807) is 0 Å². The standard InChI is InChI=1S/C16H26ClNO2/c1-4-6-14(18)15(19)9-11(3)13-10-12(17)7-8-16(13)20-5-2/h7-8,10-11,14-15,19H,4-6,9,18H2,1-3H3. The molecule has 0 aromatic heterocycles. The van der Waals surface area contributed by atoms with Crippen LogP contribution in [0.1, 0.15) is 51.5 Å². The van der Waals surface area contributed by atoms with E-state index < -0.39 is 6.10 Å². The van der Waals surface area contributed by atoms with Crippen LogP contribution in [-0.4, -0.2) is 23.9 Å². The van der Waals surface area contributed by atoms with Crippen molar-refractivity contribution >= 4 is 11.6 Å². The quantitative estimate of drug-likeness (QED) is 0.769. The van der Waals surface area contributed by atoms with E-state index in [1.807, 2.05) is 25.1 Å². The lowest BCUT2D eigenvalue weighted by molar-refractivity contribution is 0.123. The highest BCUT2D eigenvalue weighted by atomic mass is 35.5. The van der Waals surface area contributed by atoms with Crippen molar-refractivity contribution in [2.24, 2.45) is 5.73 Å². The predicted molar refractivity (Wildman–Crippen MR) is 84.5 cm³/mol. The summed E-state index contributed by atoms with van der Waals surface area (Å²) < 4.78 is 5.63. The first-order valence-corrected chi connectivity index (χ1v) is 7.73. The molecule has 1 rings (SSSR count). The van der Waals surface area contributed by atoms with E-state index in [4.69, 9.17) is 22.1 Å². The third-order valence-corrected chi connectivity index (χ3v) is 3.75. The lowest BCUT2D eigenvalue weighted by Crippen LogP contribution is -2.35. The van der Waals surface area contributed by atoms with E-state index in [9.17, 15) is 5.11 Å². The molecule has 3 N–H and O–H groups in total.